The highest BCUT2D eigenvalue weighted by molar-refractivity contribution is 5.81. The molecule has 0 spiro atoms. The summed E-state index contributed by atoms with van der Waals surface area (Å²) in [5.41, 5.74) is 1.92. The quantitative estimate of drug-likeness (QED) is 0.752. The minimum absolute atomic E-state index is 0.0382. The molecule has 0 aliphatic heterocycles. The minimum atomic E-state index is 0.0382. The van der Waals surface area contributed by atoms with E-state index in [1.807, 2.05) is 24.9 Å². The molecule has 0 aromatic carbocycles. The fourth-order valence-electron chi connectivity index (χ4n) is 1.63. The van der Waals surface area contributed by atoms with Crippen LogP contribution in [0.2, 0.25) is 0 Å². The van der Waals surface area contributed by atoms with E-state index in [1.54, 1.807) is 12.4 Å². The molecule has 5 nitrogen and oxygen atoms in total. The van der Waals surface area contributed by atoms with E-state index < -0.39 is 0 Å². The van der Waals surface area contributed by atoms with Gasteiger partial charge in [0.2, 0.25) is 5.91 Å². The molecule has 0 unspecified atom stereocenters. The van der Waals surface area contributed by atoms with Gasteiger partial charge in [0.1, 0.15) is 0 Å². The van der Waals surface area contributed by atoms with Crippen LogP contribution in [0, 0.1) is 0 Å². The van der Waals surface area contributed by atoms with Crippen molar-refractivity contribution in [2.24, 2.45) is 0 Å². The second kappa shape index (κ2) is 8.34. The Bertz CT molecular complexity index is 395. The molecule has 5 heteroatoms. The van der Waals surface area contributed by atoms with Crippen molar-refractivity contribution in [2.75, 3.05) is 36.9 Å². The average Bonchev–Trinajstić information content (AvgIpc) is 2.43. The number of hydrogen-bond acceptors (Lipinski definition) is 4. The van der Waals surface area contributed by atoms with Crippen molar-refractivity contribution >= 4 is 17.3 Å². The monoisotopic (exact) mass is 264 g/mol. The number of pyridine rings is 1. The molecule has 0 aliphatic rings. The summed E-state index contributed by atoms with van der Waals surface area (Å²) < 4.78 is 0. The third-order valence-electron chi connectivity index (χ3n) is 2.70. The summed E-state index contributed by atoms with van der Waals surface area (Å²) in [5, 5.41) is 6.15. The van der Waals surface area contributed by atoms with Gasteiger partial charge in [-0.05, 0) is 18.9 Å². The second-order valence-corrected chi connectivity index (χ2v) is 4.56. The van der Waals surface area contributed by atoms with Crippen molar-refractivity contribution in [3.8, 4) is 0 Å². The van der Waals surface area contributed by atoms with E-state index in [-0.39, 0.29) is 5.91 Å². The molecule has 2 N–H and O–H groups in total. The molecule has 0 saturated heterocycles. The zero-order valence-electron chi connectivity index (χ0n) is 12.1. The molecule has 0 atom stereocenters. The molecule has 0 aliphatic carbocycles. The van der Waals surface area contributed by atoms with E-state index in [0.29, 0.717) is 6.54 Å². The molecule has 0 bridgehead atoms. The molecule has 106 valence electrons. The van der Waals surface area contributed by atoms with Gasteiger partial charge in [-0.3, -0.25) is 9.78 Å². The Balaban J connectivity index is 2.55. The predicted molar refractivity (Wildman–Crippen MR) is 79.6 cm³/mol. The number of rotatable bonds is 8. The Labute approximate surface area is 115 Å². The van der Waals surface area contributed by atoms with Crippen molar-refractivity contribution in [3.63, 3.8) is 0 Å². The van der Waals surface area contributed by atoms with Gasteiger partial charge in [0.05, 0.1) is 30.3 Å². The van der Waals surface area contributed by atoms with Crippen molar-refractivity contribution < 1.29 is 4.79 Å². The van der Waals surface area contributed by atoms with Crippen LogP contribution in [0.1, 0.15) is 26.7 Å². The lowest BCUT2D eigenvalue weighted by molar-refractivity contribution is -0.119. The van der Waals surface area contributed by atoms with Gasteiger partial charge in [0.25, 0.3) is 0 Å². The summed E-state index contributed by atoms with van der Waals surface area (Å²) >= 11 is 0. The van der Waals surface area contributed by atoms with E-state index in [2.05, 4.69) is 22.5 Å². The molecule has 1 rings (SSSR count). The van der Waals surface area contributed by atoms with Gasteiger partial charge < -0.3 is 15.5 Å². The molecule has 19 heavy (non-hydrogen) atoms. The van der Waals surface area contributed by atoms with Crippen LogP contribution in [0.4, 0.5) is 11.4 Å². The van der Waals surface area contributed by atoms with E-state index >= 15 is 0 Å². The Morgan fingerprint density at radius 2 is 2.00 bits per heavy atom. The normalized spacial score (nSPS) is 10.1. The number of amides is 1. The first-order valence-corrected chi connectivity index (χ1v) is 6.84. The largest absolute Gasteiger partial charge is 0.384 e. The van der Waals surface area contributed by atoms with Gasteiger partial charge in [-0.2, -0.15) is 0 Å². The van der Waals surface area contributed by atoms with E-state index in [1.165, 1.54) is 0 Å². The molecule has 0 saturated carbocycles. The summed E-state index contributed by atoms with van der Waals surface area (Å²) in [4.78, 5) is 17.7. The average molecular weight is 264 g/mol. The molecule has 1 aromatic heterocycles. The maximum Gasteiger partial charge on any atom is 0.239 e. The maximum atomic E-state index is 11.7. The molecule has 0 fully saturated rings. The predicted octanol–water partition coefficient (Wildman–Crippen LogP) is 1.87. The van der Waals surface area contributed by atoms with E-state index in [9.17, 15) is 4.79 Å². The number of nitrogens with zero attached hydrogens (tertiary/aromatic N) is 2. The Hall–Kier alpha value is -1.78. The number of anilines is 2. The SMILES string of the molecule is CCCNC(=O)CN(C)c1cncc(NCCC)c1. The smallest absolute Gasteiger partial charge is 0.239 e. The third-order valence-corrected chi connectivity index (χ3v) is 2.70. The van der Waals surface area contributed by atoms with Gasteiger partial charge in [-0.25, -0.2) is 0 Å². The van der Waals surface area contributed by atoms with Gasteiger partial charge in [-0.15, -0.1) is 0 Å². The Morgan fingerprint density at radius 3 is 2.68 bits per heavy atom. The fourth-order valence-corrected chi connectivity index (χ4v) is 1.63. The molecular formula is C14H24N4O. The summed E-state index contributed by atoms with van der Waals surface area (Å²) in [5.74, 6) is 0.0382. The van der Waals surface area contributed by atoms with Crippen LogP contribution in [0.3, 0.4) is 0 Å². The van der Waals surface area contributed by atoms with Gasteiger partial charge in [0.15, 0.2) is 0 Å². The Kier molecular flexibility index (Phi) is 6.71. The summed E-state index contributed by atoms with van der Waals surface area (Å²) in [6.45, 7) is 6.15. The highest BCUT2D eigenvalue weighted by Gasteiger charge is 2.07. The number of nitrogens with one attached hydrogen (secondary N) is 2. The van der Waals surface area contributed by atoms with Crippen LogP contribution in [-0.4, -0.2) is 37.6 Å². The molecule has 1 amide bonds. The van der Waals surface area contributed by atoms with Gasteiger partial charge >= 0.3 is 0 Å². The molecule has 0 radical (unpaired) electrons. The topological polar surface area (TPSA) is 57.3 Å². The lowest BCUT2D eigenvalue weighted by Gasteiger charge is -2.19. The van der Waals surface area contributed by atoms with Crippen molar-refractivity contribution in [1.82, 2.24) is 10.3 Å². The number of hydrogen-bond donors (Lipinski definition) is 2. The number of aromatic nitrogens is 1. The van der Waals surface area contributed by atoms with Crippen molar-refractivity contribution in [2.45, 2.75) is 26.7 Å². The summed E-state index contributed by atoms with van der Waals surface area (Å²) in [6, 6.07) is 2.01. The first kappa shape index (κ1) is 15.3. The molecular weight excluding hydrogens is 240 g/mol. The number of carbonyl (C=O) groups is 1. The van der Waals surface area contributed by atoms with Crippen LogP contribution < -0.4 is 15.5 Å². The fraction of sp³-hybridized carbons (Fsp3) is 0.571. The van der Waals surface area contributed by atoms with Gasteiger partial charge in [0, 0.05) is 20.1 Å². The van der Waals surface area contributed by atoms with Crippen molar-refractivity contribution in [3.05, 3.63) is 18.5 Å². The standard InChI is InChI=1S/C14H24N4O/c1-4-6-16-12-8-13(10-15-9-12)18(3)11-14(19)17-7-5-2/h8-10,16H,4-7,11H2,1-3H3,(H,17,19). The maximum absolute atomic E-state index is 11.7. The minimum Gasteiger partial charge on any atom is -0.384 e. The third kappa shape index (κ3) is 5.59. The summed E-state index contributed by atoms with van der Waals surface area (Å²) in [7, 11) is 1.89. The first-order chi connectivity index (χ1) is 9.17. The van der Waals surface area contributed by atoms with E-state index in [4.69, 9.17) is 0 Å². The zero-order chi connectivity index (χ0) is 14.1. The highest BCUT2D eigenvalue weighted by atomic mass is 16.2. The molecule has 1 aromatic rings. The highest BCUT2D eigenvalue weighted by Crippen LogP contribution is 2.16. The van der Waals surface area contributed by atoms with Gasteiger partial charge in [-0.1, -0.05) is 13.8 Å². The summed E-state index contributed by atoms with van der Waals surface area (Å²) in [6.07, 6.45) is 5.58. The van der Waals surface area contributed by atoms with Crippen LogP contribution in [0.15, 0.2) is 18.5 Å². The Morgan fingerprint density at radius 1 is 1.26 bits per heavy atom. The lowest BCUT2D eigenvalue weighted by Crippen LogP contribution is -2.35. The number of carbonyl (C=O) groups excluding carboxylic acids is 1. The number of likely N-dealkylation sites (N-methyl/N-ethyl adjacent to an activating group) is 1. The van der Waals surface area contributed by atoms with Crippen LogP contribution in [0.25, 0.3) is 0 Å². The van der Waals surface area contributed by atoms with Crippen molar-refractivity contribution in [1.29, 1.82) is 0 Å². The van der Waals surface area contributed by atoms with E-state index in [0.717, 1.165) is 37.3 Å². The first-order valence-electron chi connectivity index (χ1n) is 6.84. The van der Waals surface area contributed by atoms with Crippen LogP contribution in [0.5, 0.6) is 0 Å². The second-order valence-electron chi connectivity index (χ2n) is 4.56. The van der Waals surface area contributed by atoms with Crippen LogP contribution in [-0.2, 0) is 4.79 Å². The zero-order valence-corrected chi connectivity index (χ0v) is 12.1. The van der Waals surface area contributed by atoms with Crippen LogP contribution >= 0.6 is 0 Å². The molecule has 1 heterocycles. The lowest BCUT2D eigenvalue weighted by atomic mass is 10.3.